The predicted molar refractivity (Wildman–Crippen MR) is 136 cm³/mol. The summed E-state index contributed by atoms with van der Waals surface area (Å²) in [6.07, 6.45) is 0.647. The van der Waals surface area contributed by atoms with Gasteiger partial charge in [0.15, 0.2) is 11.5 Å². The topological polar surface area (TPSA) is 86.3 Å². The third kappa shape index (κ3) is 5.49. The van der Waals surface area contributed by atoms with Gasteiger partial charge in [-0.3, -0.25) is 0 Å². The van der Waals surface area contributed by atoms with Gasteiger partial charge in [-0.2, -0.15) is 0 Å². The lowest BCUT2D eigenvalue weighted by atomic mass is 9.92. The van der Waals surface area contributed by atoms with Gasteiger partial charge in [-0.25, -0.2) is 9.59 Å². The van der Waals surface area contributed by atoms with Crippen molar-refractivity contribution in [3.05, 3.63) is 82.4 Å². The van der Waals surface area contributed by atoms with E-state index >= 15 is 0 Å². The van der Waals surface area contributed by atoms with Gasteiger partial charge in [-0.15, -0.1) is 0 Å². The smallest absolute Gasteiger partial charge is 0.337 e. The van der Waals surface area contributed by atoms with Crippen molar-refractivity contribution in [1.29, 1.82) is 0 Å². The van der Waals surface area contributed by atoms with E-state index in [4.69, 9.17) is 30.5 Å². The average molecular weight is 511 g/mol. The molecule has 1 aliphatic heterocycles. The number of benzene rings is 3. The van der Waals surface area contributed by atoms with Crippen molar-refractivity contribution in [3.8, 4) is 17.2 Å². The van der Waals surface area contributed by atoms with Crippen LogP contribution in [-0.2, 0) is 11.2 Å². The molecule has 0 saturated heterocycles. The summed E-state index contributed by atoms with van der Waals surface area (Å²) in [7, 11) is 4.50. The van der Waals surface area contributed by atoms with E-state index in [0.29, 0.717) is 46.5 Å². The maximum absolute atomic E-state index is 13.3. The van der Waals surface area contributed by atoms with Crippen LogP contribution in [0, 0.1) is 0 Å². The van der Waals surface area contributed by atoms with Gasteiger partial charge in [-0.05, 0) is 78.2 Å². The summed E-state index contributed by atoms with van der Waals surface area (Å²) in [6.45, 7) is 0.672. The standard InChI is InChI=1S/C27H27ClN2O6/c1-33-24-14-18-12-13-30(27(32)29-20-8-6-19(28)7-9-20)23(22(18)15-25(24)34-2)16-36-21-10-4-17(5-11-21)26(31)35-3/h4-11,14-15,23H,12-13,16H2,1-3H3,(H,29,32)/t23-/m1/s1. The van der Waals surface area contributed by atoms with E-state index in [1.165, 1.54) is 7.11 Å². The van der Waals surface area contributed by atoms with Gasteiger partial charge >= 0.3 is 12.0 Å². The number of esters is 1. The Kier molecular flexibility index (Phi) is 7.85. The second-order valence-electron chi connectivity index (χ2n) is 8.13. The molecule has 1 aliphatic rings. The number of urea groups is 1. The van der Waals surface area contributed by atoms with E-state index in [-0.39, 0.29) is 12.6 Å². The van der Waals surface area contributed by atoms with E-state index in [1.54, 1.807) is 67.7 Å². The molecule has 4 rings (SSSR count). The van der Waals surface area contributed by atoms with Crippen LogP contribution in [0.1, 0.15) is 27.5 Å². The molecule has 0 unspecified atom stereocenters. The molecule has 0 bridgehead atoms. The molecule has 8 nitrogen and oxygen atoms in total. The highest BCUT2D eigenvalue weighted by Crippen LogP contribution is 2.38. The first-order chi connectivity index (χ1) is 17.4. The highest BCUT2D eigenvalue weighted by molar-refractivity contribution is 6.30. The Morgan fingerprint density at radius 2 is 1.64 bits per heavy atom. The number of carbonyl (C=O) groups is 2. The van der Waals surface area contributed by atoms with Crippen molar-refractivity contribution < 1.29 is 28.5 Å². The van der Waals surface area contributed by atoms with Crippen LogP contribution in [0.25, 0.3) is 0 Å². The number of amides is 2. The summed E-state index contributed by atoms with van der Waals surface area (Å²) in [5.41, 5.74) is 3.03. The summed E-state index contributed by atoms with van der Waals surface area (Å²) < 4.78 is 21.8. The zero-order chi connectivity index (χ0) is 25.7. The fourth-order valence-corrected chi connectivity index (χ4v) is 4.29. The first-order valence-electron chi connectivity index (χ1n) is 11.3. The molecular weight excluding hydrogens is 484 g/mol. The van der Waals surface area contributed by atoms with Crippen LogP contribution in [0.3, 0.4) is 0 Å². The van der Waals surface area contributed by atoms with Crippen molar-refractivity contribution in [3.63, 3.8) is 0 Å². The van der Waals surface area contributed by atoms with Gasteiger partial charge in [0.25, 0.3) is 0 Å². The van der Waals surface area contributed by atoms with Crippen LogP contribution >= 0.6 is 11.6 Å². The van der Waals surface area contributed by atoms with Crippen LogP contribution in [0.15, 0.2) is 60.7 Å². The normalized spacial score (nSPS) is 14.4. The molecule has 0 saturated carbocycles. The second kappa shape index (κ2) is 11.2. The number of hydrogen-bond donors (Lipinski definition) is 1. The van der Waals surface area contributed by atoms with Crippen LogP contribution in [0.4, 0.5) is 10.5 Å². The number of carbonyl (C=O) groups excluding carboxylic acids is 2. The summed E-state index contributed by atoms with van der Waals surface area (Å²) >= 11 is 5.98. The minimum absolute atomic E-state index is 0.189. The van der Waals surface area contributed by atoms with Crippen molar-refractivity contribution in [2.24, 2.45) is 0 Å². The van der Waals surface area contributed by atoms with Crippen molar-refractivity contribution in [1.82, 2.24) is 4.90 Å². The number of nitrogens with zero attached hydrogens (tertiary/aromatic N) is 1. The predicted octanol–water partition coefficient (Wildman–Crippen LogP) is 5.35. The first-order valence-corrected chi connectivity index (χ1v) is 11.7. The zero-order valence-corrected chi connectivity index (χ0v) is 21.0. The molecule has 1 heterocycles. The Morgan fingerprint density at radius 1 is 0.972 bits per heavy atom. The van der Waals surface area contributed by atoms with E-state index < -0.39 is 12.0 Å². The number of halogens is 1. The van der Waals surface area contributed by atoms with Crippen molar-refractivity contribution in [2.75, 3.05) is 39.8 Å². The summed E-state index contributed by atoms with van der Waals surface area (Å²) in [5, 5.41) is 3.53. The van der Waals surface area contributed by atoms with Gasteiger partial charge in [0.05, 0.1) is 32.9 Å². The van der Waals surface area contributed by atoms with E-state index in [0.717, 1.165) is 11.1 Å². The molecular formula is C27H27ClN2O6. The average Bonchev–Trinajstić information content (AvgIpc) is 2.91. The Hall–Kier alpha value is -3.91. The maximum atomic E-state index is 13.3. The molecule has 9 heteroatoms. The van der Waals surface area contributed by atoms with Crippen LogP contribution in [0.2, 0.25) is 5.02 Å². The Balaban J connectivity index is 1.61. The number of nitrogens with one attached hydrogen (secondary N) is 1. The van der Waals surface area contributed by atoms with Crippen LogP contribution in [-0.4, -0.2) is 51.4 Å². The summed E-state index contributed by atoms with van der Waals surface area (Å²) in [4.78, 5) is 26.8. The lowest BCUT2D eigenvalue weighted by Crippen LogP contribution is -2.44. The number of fused-ring (bicyclic) bond motifs is 1. The number of methoxy groups -OCH3 is 3. The molecule has 1 atom stereocenters. The Bertz CT molecular complexity index is 1230. The van der Waals surface area contributed by atoms with Gasteiger partial charge in [0, 0.05) is 17.3 Å². The zero-order valence-electron chi connectivity index (χ0n) is 20.2. The number of anilines is 1. The maximum Gasteiger partial charge on any atom is 0.337 e. The molecule has 2 amide bonds. The largest absolute Gasteiger partial charge is 0.493 e. The summed E-state index contributed by atoms with van der Waals surface area (Å²) in [6, 6.07) is 16.8. The van der Waals surface area contributed by atoms with E-state index in [1.807, 2.05) is 12.1 Å². The molecule has 0 aliphatic carbocycles. The fraction of sp³-hybridized carbons (Fsp3) is 0.259. The van der Waals surface area contributed by atoms with Crippen molar-refractivity contribution >= 4 is 29.3 Å². The second-order valence-corrected chi connectivity index (χ2v) is 8.57. The van der Waals surface area contributed by atoms with E-state index in [2.05, 4.69) is 5.32 Å². The van der Waals surface area contributed by atoms with Gasteiger partial charge in [0.1, 0.15) is 12.4 Å². The lowest BCUT2D eigenvalue weighted by molar-refractivity contribution is 0.0600. The molecule has 0 aromatic heterocycles. The third-order valence-electron chi connectivity index (χ3n) is 6.04. The van der Waals surface area contributed by atoms with Gasteiger partial charge < -0.3 is 29.2 Å². The number of rotatable bonds is 7. The molecule has 1 N–H and O–H groups in total. The highest BCUT2D eigenvalue weighted by atomic mass is 35.5. The Morgan fingerprint density at radius 3 is 2.28 bits per heavy atom. The van der Waals surface area contributed by atoms with E-state index in [9.17, 15) is 9.59 Å². The van der Waals surface area contributed by atoms with Crippen molar-refractivity contribution in [2.45, 2.75) is 12.5 Å². The molecule has 0 fully saturated rings. The van der Waals surface area contributed by atoms with Crippen LogP contribution < -0.4 is 19.5 Å². The quantitative estimate of drug-likeness (QED) is 0.431. The molecule has 188 valence electrons. The first kappa shape index (κ1) is 25.2. The number of hydrogen-bond acceptors (Lipinski definition) is 6. The summed E-state index contributed by atoms with van der Waals surface area (Å²) in [5.74, 6) is 1.35. The monoisotopic (exact) mass is 510 g/mol. The molecule has 3 aromatic carbocycles. The minimum atomic E-state index is -0.422. The highest BCUT2D eigenvalue weighted by Gasteiger charge is 2.33. The minimum Gasteiger partial charge on any atom is -0.493 e. The SMILES string of the molecule is COC(=O)c1ccc(OC[C@@H]2c3cc(OC)c(OC)cc3CCN2C(=O)Nc2ccc(Cl)cc2)cc1. The van der Waals surface area contributed by atoms with Gasteiger partial charge in [-0.1, -0.05) is 11.6 Å². The lowest BCUT2D eigenvalue weighted by Gasteiger charge is -2.37. The third-order valence-corrected chi connectivity index (χ3v) is 6.29. The molecule has 0 radical (unpaired) electrons. The Labute approximate surface area is 214 Å². The molecule has 3 aromatic rings. The number of ether oxygens (including phenoxy) is 4. The molecule has 0 spiro atoms. The fourth-order valence-electron chi connectivity index (χ4n) is 4.16. The van der Waals surface area contributed by atoms with Gasteiger partial charge in [0.2, 0.25) is 0 Å². The van der Waals surface area contributed by atoms with Crippen LogP contribution in [0.5, 0.6) is 17.2 Å². The molecule has 36 heavy (non-hydrogen) atoms.